The zero-order valence-corrected chi connectivity index (χ0v) is 15.0. The second kappa shape index (κ2) is 7.06. The fraction of sp³-hybridized carbons (Fsp3) is 0.312. The molecule has 3 aromatic heterocycles. The quantitative estimate of drug-likeness (QED) is 0.673. The van der Waals surface area contributed by atoms with Crippen LogP contribution in [0.4, 0.5) is 5.82 Å². The molecule has 3 aromatic rings. The smallest absolute Gasteiger partial charge is 0.253 e. The molecule has 0 aliphatic heterocycles. The molecule has 1 amide bonds. The molecule has 3 rings (SSSR count). The van der Waals surface area contributed by atoms with E-state index in [0.717, 1.165) is 17.0 Å². The second-order valence-corrected chi connectivity index (χ2v) is 6.26. The number of fused-ring (bicyclic) bond motifs is 1. The lowest BCUT2D eigenvalue weighted by Gasteiger charge is -2.10. The molecule has 25 heavy (non-hydrogen) atoms. The lowest BCUT2D eigenvalue weighted by molar-refractivity contribution is -0.116. The molecule has 0 bridgehead atoms. The summed E-state index contributed by atoms with van der Waals surface area (Å²) in [5.74, 6) is 0.441. The fourth-order valence-electron chi connectivity index (χ4n) is 2.56. The van der Waals surface area contributed by atoms with Crippen molar-refractivity contribution in [2.75, 3.05) is 11.6 Å². The highest BCUT2D eigenvalue weighted by Crippen LogP contribution is 2.20. The van der Waals surface area contributed by atoms with Crippen LogP contribution in [0.25, 0.3) is 5.78 Å². The molecule has 9 heteroatoms. The van der Waals surface area contributed by atoms with Gasteiger partial charge in [-0.3, -0.25) is 4.79 Å². The van der Waals surface area contributed by atoms with Gasteiger partial charge in [0.2, 0.25) is 11.1 Å². The van der Waals surface area contributed by atoms with Crippen molar-refractivity contribution in [3.63, 3.8) is 0 Å². The normalized spacial score (nSPS) is 11.0. The maximum atomic E-state index is 12.2. The maximum absolute atomic E-state index is 12.2. The standard InChI is InChI=1S/C16H18N6O2S/c1-9-11(10(2)22-15(18-9)20-16(21-22)25-3)6-7-13(24)19-14-12(23)5-4-8-17-14/h4-5,8,23H,6-7H2,1-3H3,(H,17,19,24). The Hall–Kier alpha value is -2.68. The highest BCUT2D eigenvalue weighted by molar-refractivity contribution is 7.98. The van der Waals surface area contributed by atoms with Crippen LogP contribution in [0.15, 0.2) is 23.5 Å². The number of aryl methyl sites for hydroxylation is 2. The second-order valence-electron chi connectivity index (χ2n) is 5.49. The number of anilines is 1. The molecule has 0 unspecified atom stereocenters. The number of amides is 1. The number of nitrogens with one attached hydrogen (secondary N) is 1. The SMILES string of the molecule is CSc1nc2nc(C)c(CCC(=O)Nc3ncccc3O)c(C)n2n1. The summed E-state index contributed by atoms with van der Waals surface area (Å²) in [7, 11) is 0. The number of carbonyl (C=O) groups excluding carboxylic acids is 1. The molecular formula is C16H18N6O2S. The molecule has 0 atom stereocenters. The van der Waals surface area contributed by atoms with Gasteiger partial charge in [-0.05, 0) is 44.2 Å². The van der Waals surface area contributed by atoms with Gasteiger partial charge in [-0.1, -0.05) is 11.8 Å². The zero-order valence-electron chi connectivity index (χ0n) is 14.1. The average molecular weight is 358 g/mol. The predicted molar refractivity (Wildman–Crippen MR) is 94.9 cm³/mol. The van der Waals surface area contributed by atoms with Gasteiger partial charge in [0.05, 0.1) is 0 Å². The molecule has 0 saturated carbocycles. The van der Waals surface area contributed by atoms with Gasteiger partial charge >= 0.3 is 0 Å². The minimum Gasteiger partial charge on any atom is -0.504 e. The molecule has 0 aromatic carbocycles. The van der Waals surface area contributed by atoms with Crippen molar-refractivity contribution < 1.29 is 9.90 Å². The van der Waals surface area contributed by atoms with Gasteiger partial charge in [-0.2, -0.15) is 4.98 Å². The molecule has 3 heterocycles. The number of hydrogen-bond acceptors (Lipinski definition) is 7. The van der Waals surface area contributed by atoms with Crippen LogP contribution < -0.4 is 5.32 Å². The van der Waals surface area contributed by atoms with Gasteiger partial charge < -0.3 is 10.4 Å². The Morgan fingerprint density at radius 2 is 2.16 bits per heavy atom. The molecule has 0 radical (unpaired) electrons. The first-order valence-corrected chi connectivity index (χ1v) is 8.92. The third kappa shape index (κ3) is 3.55. The number of aromatic hydroxyl groups is 1. The number of aromatic nitrogens is 5. The van der Waals surface area contributed by atoms with Gasteiger partial charge in [0.15, 0.2) is 11.6 Å². The van der Waals surface area contributed by atoms with Crippen molar-refractivity contribution in [3.05, 3.63) is 35.3 Å². The van der Waals surface area contributed by atoms with Crippen molar-refractivity contribution in [2.45, 2.75) is 31.8 Å². The minimum absolute atomic E-state index is 0.0569. The minimum atomic E-state index is -0.226. The predicted octanol–water partition coefficient (Wildman–Crippen LogP) is 2.13. The Bertz CT molecular complexity index is 940. The van der Waals surface area contributed by atoms with Crippen LogP contribution in [0.2, 0.25) is 0 Å². The molecular weight excluding hydrogens is 340 g/mol. The average Bonchev–Trinajstić information content (AvgIpc) is 3.00. The van der Waals surface area contributed by atoms with Crippen molar-refractivity contribution in [1.82, 2.24) is 24.6 Å². The molecule has 2 N–H and O–H groups in total. The van der Waals surface area contributed by atoms with Crippen LogP contribution in [-0.4, -0.2) is 41.8 Å². The van der Waals surface area contributed by atoms with E-state index in [4.69, 9.17) is 0 Å². The van der Waals surface area contributed by atoms with Crippen LogP contribution in [-0.2, 0) is 11.2 Å². The first kappa shape index (κ1) is 17.2. The van der Waals surface area contributed by atoms with E-state index >= 15 is 0 Å². The monoisotopic (exact) mass is 358 g/mol. The van der Waals surface area contributed by atoms with Crippen LogP contribution in [0.1, 0.15) is 23.4 Å². The first-order valence-electron chi connectivity index (χ1n) is 7.70. The van der Waals surface area contributed by atoms with Crippen LogP contribution in [0.3, 0.4) is 0 Å². The number of nitrogens with zero attached hydrogens (tertiary/aromatic N) is 5. The third-order valence-electron chi connectivity index (χ3n) is 3.86. The topological polar surface area (TPSA) is 105 Å². The van der Waals surface area contributed by atoms with Gasteiger partial charge in [-0.15, -0.1) is 5.10 Å². The Balaban J connectivity index is 1.76. The summed E-state index contributed by atoms with van der Waals surface area (Å²) in [4.78, 5) is 24.9. The van der Waals surface area contributed by atoms with E-state index in [0.29, 0.717) is 17.4 Å². The van der Waals surface area contributed by atoms with Crippen molar-refractivity contribution in [1.29, 1.82) is 0 Å². The van der Waals surface area contributed by atoms with Gasteiger partial charge in [0.1, 0.15) is 0 Å². The van der Waals surface area contributed by atoms with E-state index < -0.39 is 0 Å². The molecule has 130 valence electrons. The van der Waals surface area contributed by atoms with E-state index in [9.17, 15) is 9.90 Å². The molecule has 0 saturated heterocycles. The molecule has 8 nitrogen and oxygen atoms in total. The van der Waals surface area contributed by atoms with Crippen molar-refractivity contribution in [2.24, 2.45) is 0 Å². The van der Waals surface area contributed by atoms with E-state index in [2.05, 4.69) is 25.4 Å². The lowest BCUT2D eigenvalue weighted by atomic mass is 10.1. The van der Waals surface area contributed by atoms with E-state index in [1.165, 1.54) is 24.0 Å². The first-order chi connectivity index (χ1) is 12.0. The number of rotatable bonds is 5. The molecule has 0 aliphatic carbocycles. The number of thioether (sulfide) groups is 1. The largest absolute Gasteiger partial charge is 0.504 e. The summed E-state index contributed by atoms with van der Waals surface area (Å²) in [6.07, 6.45) is 4.17. The van der Waals surface area contributed by atoms with Gasteiger partial charge in [0.25, 0.3) is 5.78 Å². The molecule has 0 aliphatic rings. The summed E-state index contributed by atoms with van der Waals surface area (Å²) >= 11 is 1.46. The Morgan fingerprint density at radius 3 is 2.88 bits per heavy atom. The Morgan fingerprint density at radius 1 is 1.36 bits per heavy atom. The summed E-state index contributed by atoms with van der Waals surface area (Å²) in [5.41, 5.74) is 2.72. The number of pyridine rings is 1. The summed E-state index contributed by atoms with van der Waals surface area (Å²) in [6, 6.07) is 3.07. The highest BCUT2D eigenvalue weighted by atomic mass is 32.2. The molecule has 0 fully saturated rings. The van der Waals surface area contributed by atoms with Gasteiger partial charge in [-0.25, -0.2) is 14.5 Å². The summed E-state index contributed by atoms with van der Waals surface area (Å²) in [5, 5.41) is 17.3. The summed E-state index contributed by atoms with van der Waals surface area (Å²) in [6.45, 7) is 3.84. The van der Waals surface area contributed by atoms with Crippen LogP contribution in [0, 0.1) is 13.8 Å². The third-order valence-corrected chi connectivity index (χ3v) is 4.40. The van der Waals surface area contributed by atoms with E-state index in [1.807, 2.05) is 20.1 Å². The van der Waals surface area contributed by atoms with E-state index in [-0.39, 0.29) is 23.9 Å². The van der Waals surface area contributed by atoms with E-state index in [1.54, 1.807) is 10.6 Å². The number of hydrogen-bond donors (Lipinski definition) is 2. The lowest BCUT2D eigenvalue weighted by Crippen LogP contribution is -2.15. The zero-order chi connectivity index (χ0) is 18.0. The Labute approximate surface area is 148 Å². The molecule has 0 spiro atoms. The highest BCUT2D eigenvalue weighted by Gasteiger charge is 2.15. The van der Waals surface area contributed by atoms with Crippen LogP contribution in [0.5, 0.6) is 5.75 Å². The Kier molecular flexibility index (Phi) is 4.84. The van der Waals surface area contributed by atoms with Crippen molar-refractivity contribution in [3.8, 4) is 5.75 Å². The van der Waals surface area contributed by atoms with Gasteiger partial charge in [0, 0.05) is 24.0 Å². The number of carbonyl (C=O) groups is 1. The fourth-order valence-corrected chi connectivity index (χ4v) is 2.90. The maximum Gasteiger partial charge on any atom is 0.253 e. The summed E-state index contributed by atoms with van der Waals surface area (Å²) < 4.78 is 1.71. The van der Waals surface area contributed by atoms with Crippen LogP contribution >= 0.6 is 11.8 Å². The van der Waals surface area contributed by atoms with Crippen molar-refractivity contribution >= 4 is 29.3 Å².